The molecule has 4 atom stereocenters. The van der Waals surface area contributed by atoms with Crippen molar-refractivity contribution < 1.29 is 38.2 Å². The Bertz CT molecular complexity index is 2480. The van der Waals surface area contributed by atoms with Gasteiger partial charge in [0.05, 0.1) is 24.4 Å². The third kappa shape index (κ3) is 12.4. The first-order valence-corrected chi connectivity index (χ1v) is 22.1. The van der Waals surface area contributed by atoms with Gasteiger partial charge in [-0.25, -0.2) is 4.98 Å². The van der Waals surface area contributed by atoms with Crippen molar-refractivity contribution in [1.82, 2.24) is 31.2 Å². The van der Waals surface area contributed by atoms with Gasteiger partial charge in [0.15, 0.2) is 0 Å². The number of fused-ring (bicyclic) bond motifs is 5. The lowest BCUT2D eigenvalue weighted by molar-refractivity contribution is -0.141. The van der Waals surface area contributed by atoms with Crippen LogP contribution in [0.1, 0.15) is 72.9 Å². The summed E-state index contributed by atoms with van der Waals surface area (Å²) in [4.78, 5) is 76.6. The van der Waals surface area contributed by atoms with E-state index in [9.17, 15) is 29.2 Å². The molecule has 0 saturated heterocycles. The maximum atomic E-state index is 14.8. The maximum Gasteiger partial charge on any atom is 0.253 e. The van der Waals surface area contributed by atoms with E-state index in [0.717, 1.165) is 11.1 Å². The van der Waals surface area contributed by atoms with Crippen LogP contribution in [0.4, 0.5) is 0 Å². The predicted molar refractivity (Wildman–Crippen MR) is 253 cm³/mol. The van der Waals surface area contributed by atoms with Crippen molar-refractivity contribution in [3.63, 3.8) is 0 Å². The quantitative estimate of drug-likeness (QED) is 0.0797. The summed E-state index contributed by atoms with van der Waals surface area (Å²) in [5.74, 6) is -2.27. The number of likely N-dealkylation sites (N-methyl/N-ethyl adjacent to an activating group) is 1. The van der Waals surface area contributed by atoms with Gasteiger partial charge in [-0.05, 0) is 79.3 Å². The van der Waals surface area contributed by atoms with Crippen molar-refractivity contribution in [2.24, 2.45) is 17.2 Å². The monoisotopic (exact) mass is 918 g/mol. The Balaban J connectivity index is 1.58. The van der Waals surface area contributed by atoms with Gasteiger partial charge in [-0.3, -0.25) is 24.0 Å². The first-order valence-electron chi connectivity index (χ1n) is 22.1. The third-order valence-electron chi connectivity index (χ3n) is 11.3. The lowest BCUT2D eigenvalue weighted by Crippen LogP contribution is -2.56. The summed E-state index contributed by atoms with van der Waals surface area (Å²) >= 11 is 0. The van der Waals surface area contributed by atoms with Crippen molar-refractivity contribution in [3.8, 4) is 45.7 Å². The molecule has 0 radical (unpaired) electrons. The first kappa shape index (κ1) is 50.9. The van der Waals surface area contributed by atoms with Crippen LogP contribution in [0.5, 0.6) is 17.2 Å². The Kier molecular flexibility index (Phi) is 17.4. The van der Waals surface area contributed by atoms with Crippen molar-refractivity contribution in [2.45, 2.75) is 77.0 Å². The van der Waals surface area contributed by atoms with Crippen LogP contribution >= 0.6 is 0 Å². The van der Waals surface area contributed by atoms with Crippen LogP contribution in [0.3, 0.4) is 0 Å². The van der Waals surface area contributed by atoms with Crippen molar-refractivity contribution in [3.05, 3.63) is 94.7 Å². The molecule has 0 aliphatic carbocycles. The van der Waals surface area contributed by atoms with E-state index in [4.69, 9.17) is 36.4 Å². The van der Waals surface area contributed by atoms with Crippen LogP contribution in [0.2, 0.25) is 0 Å². The SMILES string of the molecule is COc1cc(C(=O)N[C@@H](CCN)C(=O)N(C)[C@@H]2C(=O)N[C@@H](C)C(=O)N[C@H](C(=O)NCC#N)Cc3ccc(OCCN)c(c3)-c3cc2ccc3OCCN)c(C)nc1-c1ccc(C(C)(C)C)cc1. The molecule has 4 aromatic rings. The fourth-order valence-electron chi connectivity index (χ4n) is 7.67. The number of nitriles is 1. The predicted octanol–water partition coefficient (Wildman–Crippen LogP) is 2.54. The molecule has 3 aromatic carbocycles. The summed E-state index contributed by atoms with van der Waals surface area (Å²) in [7, 11) is 2.90. The molecule has 356 valence electrons. The lowest BCUT2D eigenvalue weighted by Gasteiger charge is -2.32. The number of aryl methyl sites for hydroxylation is 1. The van der Waals surface area contributed by atoms with Crippen LogP contribution in [0, 0.1) is 18.3 Å². The number of carbonyl (C=O) groups excluding carboxylic acids is 5. The number of nitrogens with zero attached hydrogens (tertiary/aromatic N) is 3. The van der Waals surface area contributed by atoms with Gasteiger partial charge in [0.1, 0.15) is 66.9 Å². The van der Waals surface area contributed by atoms with Gasteiger partial charge in [0.2, 0.25) is 23.6 Å². The second kappa shape index (κ2) is 22.9. The Morgan fingerprint density at radius 2 is 1.54 bits per heavy atom. The molecular weight excluding hydrogens is 857 g/mol. The standard InChI is InChI=1S/C49H62N10O8/c1-28-34(27-41(65-7)42(55-28)31-9-12-33(13-10-31)49(3,4)5)45(61)57-37(16-17-50)48(64)59(6)43-32-11-15-40(67-23-20-53)36(26-32)35-24-30(8-14-39(35)66-22-19-52)25-38(46(62)54-21-18-51)58-44(60)29(2)56-47(43)63/h8-15,24,26-27,29,37-38,43H,16-17,19-23,25,50,52-53H2,1-7H3,(H,54,62)(H,56,63)(H,57,61)(H,58,60)/t29-,37-,38-,43-/m0/s1. The van der Waals surface area contributed by atoms with Gasteiger partial charge in [-0.1, -0.05) is 57.2 Å². The summed E-state index contributed by atoms with van der Waals surface area (Å²) in [6.07, 6.45) is -0.0104. The molecule has 67 heavy (non-hydrogen) atoms. The lowest BCUT2D eigenvalue weighted by atomic mass is 9.86. The van der Waals surface area contributed by atoms with Gasteiger partial charge in [-0.2, -0.15) is 5.26 Å². The Morgan fingerprint density at radius 1 is 0.896 bits per heavy atom. The van der Waals surface area contributed by atoms with E-state index in [1.54, 1.807) is 49.4 Å². The number of methoxy groups -OCH3 is 1. The second-order valence-electron chi connectivity index (χ2n) is 17.2. The van der Waals surface area contributed by atoms with Gasteiger partial charge in [0, 0.05) is 43.2 Å². The highest BCUT2D eigenvalue weighted by molar-refractivity contribution is 6.00. The van der Waals surface area contributed by atoms with Crippen LogP contribution in [-0.2, 0) is 31.0 Å². The molecule has 0 unspecified atom stereocenters. The van der Waals surface area contributed by atoms with Gasteiger partial charge < -0.3 is 57.6 Å². The molecule has 5 rings (SSSR count). The minimum atomic E-state index is -1.41. The number of carbonyl (C=O) groups is 5. The summed E-state index contributed by atoms with van der Waals surface area (Å²) in [6.45, 7) is 9.84. The highest BCUT2D eigenvalue weighted by Gasteiger charge is 2.36. The molecule has 4 bridgehead atoms. The average Bonchev–Trinajstić information content (AvgIpc) is 3.30. The summed E-state index contributed by atoms with van der Waals surface area (Å²) < 4.78 is 17.9. The van der Waals surface area contributed by atoms with Gasteiger partial charge >= 0.3 is 0 Å². The van der Waals surface area contributed by atoms with E-state index in [0.29, 0.717) is 50.9 Å². The number of amides is 5. The molecule has 1 aliphatic heterocycles. The van der Waals surface area contributed by atoms with E-state index in [2.05, 4.69) is 42.0 Å². The van der Waals surface area contributed by atoms with E-state index in [1.807, 2.05) is 30.3 Å². The van der Waals surface area contributed by atoms with Crippen molar-refractivity contribution in [2.75, 3.05) is 53.6 Å². The zero-order valence-electron chi connectivity index (χ0n) is 39.2. The van der Waals surface area contributed by atoms with Gasteiger partial charge in [-0.15, -0.1) is 0 Å². The minimum absolute atomic E-state index is 0.00139. The van der Waals surface area contributed by atoms with E-state index in [1.165, 1.54) is 26.0 Å². The minimum Gasteiger partial charge on any atom is -0.494 e. The highest BCUT2D eigenvalue weighted by atomic mass is 16.5. The molecule has 0 spiro atoms. The number of benzene rings is 3. The van der Waals surface area contributed by atoms with Crippen LogP contribution < -0.4 is 52.7 Å². The highest BCUT2D eigenvalue weighted by Crippen LogP contribution is 2.40. The number of nitrogens with one attached hydrogen (secondary N) is 4. The summed E-state index contributed by atoms with van der Waals surface area (Å²) in [6, 6.07) is 16.5. The number of rotatable bonds is 16. The Hall–Kier alpha value is -7.07. The molecule has 0 fully saturated rings. The fraction of sp³-hybridized carbons (Fsp3) is 0.408. The smallest absolute Gasteiger partial charge is 0.253 e. The molecule has 5 amide bonds. The van der Waals surface area contributed by atoms with E-state index < -0.39 is 53.7 Å². The number of hydrogen-bond donors (Lipinski definition) is 7. The number of ether oxygens (including phenoxy) is 3. The van der Waals surface area contributed by atoms with Gasteiger partial charge in [0.25, 0.3) is 5.91 Å². The maximum absolute atomic E-state index is 14.8. The molecule has 18 heteroatoms. The zero-order chi connectivity index (χ0) is 49.0. The normalized spacial score (nSPS) is 16.5. The molecule has 0 saturated carbocycles. The number of hydrogen-bond acceptors (Lipinski definition) is 13. The number of nitrogens with two attached hydrogens (primary N) is 3. The number of aromatic nitrogens is 1. The van der Waals surface area contributed by atoms with E-state index >= 15 is 0 Å². The van der Waals surface area contributed by atoms with Crippen LogP contribution in [-0.4, -0.2) is 111 Å². The molecule has 10 N–H and O–H groups in total. The Morgan fingerprint density at radius 3 is 2.13 bits per heavy atom. The first-order chi connectivity index (χ1) is 31.9. The molecule has 2 heterocycles. The fourth-order valence-corrected chi connectivity index (χ4v) is 7.67. The zero-order valence-corrected chi connectivity index (χ0v) is 39.2. The number of pyridine rings is 1. The topological polar surface area (TPSA) is 279 Å². The largest absolute Gasteiger partial charge is 0.494 e. The van der Waals surface area contributed by atoms with Crippen molar-refractivity contribution >= 4 is 29.5 Å². The van der Waals surface area contributed by atoms with E-state index in [-0.39, 0.29) is 63.2 Å². The molecule has 1 aliphatic rings. The third-order valence-corrected chi connectivity index (χ3v) is 11.3. The molecule has 18 nitrogen and oxygen atoms in total. The summed E-state index contributed by atoms with van der Waals surface area (Å²) in [5, 5.41) is 19.9. The Labute approximate surface area is 391 Å². The average molecular weight is 919 g/mol. The molecule has 1 aromatic heterocycles. The summed E-state index contributed by atoms with van der Waals surface area (Å²) in [5.41, 5.74) is 22.5. The molecular formula is C49H62N10O8. The van der Waals surface area contributed by atoms with Crippen LogP contribution in [0.25, 0.3) is 22.4 Å². The van der Waals surface area contributed by atoms with Crippen LogP contribution in [0.15, 0.2) is 66.7 Å². The second-order valence-corrected chi connectivity index (χ2v) is 17.2. The van der Waals surface area contributed by atoms with Crippen molar-refractivity contribution in [1.29, 1.82) is 5.26 Å².